The SMILES string of the molecule is O=C1CCCN1C(=O)NC(P)P. The molecular formula is C6H12N2O2P2. The lowest BCUT2D eigenvalue weighted by Gasteiger charge is -2.16. The standard InChI is InChI=1S/C6H12N2O2P2/c9-4-2-1-3-8(4)5(10)7-6(11)12/h6H,1-3,11-12H2,(H,7,10). The smallest absolute Gasteiger partial charge is 0.324 e. The van der Waals surface area contributed by atoms with Gasteiger partial charge in [0.2, 0.25) is 5.91 Å². The maximum Gasteiger partial charge on any atom is 0.324 e. The molecule has 4 nitrogen and oxygen atoms in total. The van der Waals surface area contributed by atoms with Crippen LogP contribution >= 0.6 is 18.5 Å². The number of amides is 3. The highest BCUT2D eigenvalue weighted by Crippen LogP contribution is 2.11. The molecule has 1 N–H and O–H groups in total. The highest BCUT2D eigenvalue weighted by molar-refractivity contribution is 7.37. The topological polar surface area (TPSA) is 49.4 Å². The second-order valence-electron chi connectivity index (χ2n) is 2.62. The second-order valence-corrected chi connectivity index (χ2v) is 4.83. The summed E-state index contributed by atoms with van der Waals surface area (Å²) in [5, 5.41) is 2.61. The Hall–Kier alpha value is -0.200. The molecule has 6 heteroatoms. The Morgan fingerprint density at radius 3 is 2.67 bits per heavy atom. The maximum atomic E-state index is 11.2. The van der Waals surface area contributed by atoms with Gasteiger partial charge in [0, 0.05) is 13.0 Å². The number of urea groups is 1. The van der Waals surface area contributed by atoms with Crippen LogP contribution in [0.15, 0.2) is 0 Å². The Kier molecular flexibility index (Phi) is 3.42. The van der Waals surface area contributed by atoms with Gasteiger partial charge in [-0.15, -0.1) is 18.5 Å². The first kappa shape index (κ1) is 9.88. The Bertz CT molecular complexity index is 208. The lowest BCUT2D eigenvalue weighted by Crippen LogP contribution is -2.41. The van der Waals surface area contributed by atoms with Gasteiger partial charge in [-0.3, -0.25) is 9.69 Å². The van der Waals surface area contributed by atoms with Gasteiger partial charge in [0.25, 0.3) is 0 Å². The summed E-state index contributed by atoms with van der Waals surface area (Å²) in [7, 11) is 4.83. The summed E-state index contributed by atoms with van der Waals surface area (Å²) in [6.45, 7) is 0.548. The predicted octanol–water partition coefficient (Wildman–Crippen LogP) is 0.352. The third-order valence-corrected chi connectivity index (χ3v) is 1.94. The molecule has 2 atom stereocenters. The second kappa shape index (κ2) is 4.15. The molecule has 1 heterocycles. The summed E-state index contributed by atoms with van der Waals surface area (Å²) in [5.41, 5.74) is -0.0779. The number of nitrogens with zero attached hydrogens (tertiary/aromatic N) is 1. The first-order chi connectivity index (χ1) is 5.61. The third kappa shape index (κ3) is 2.40. The van der Waals surface area contributed by atoms with Crippen LogP contribution in [0.3, 0.4) is 0 Å². The maximum absolute atomic E-state index is 11.2. The van der Waals surface area contributed by atoms with Crippen LogP contribution in [0.2, 0.25) is 0 Å². The van der Waals surface area contributed by atoms with Crippen LogP contribution in [0.25, 0.3) is 0 Å². The zero-order valence-corrected chi connectivity index (χ0v) is 8.93. The lowest BCUT2D eigenvalue weighted by molar-refractivity contribution is -0.125. The molecule has 0 bridgehead atoms. The fourth-order valence-corrected chi connectivity index (χ4v) is 1.37. The van der Waals surface area contributed by atoms with Crippen molar-refractivity contribution in [3.05, 3.63) is 0 Å². The molecule has 0 saturated carbocycles. The van der Waals surface area contributed by atoms with Crippen molar-refractivity contribution in [3.63, 3.8) is 0 Å². The number of carbonyl (C=O) groups excluding carboxylic acids is 2. The lowest BCUT2D eigenvalue weighted by atomic mass is 10.4. The highest BCUT2D eigenvalue weighted by atomic mass is 31.1. The van der Waals surface area contributed by atoms with Crippen LogP contribution in [0.5, 0.6) is 0 Å². The fourth-order valence-electron chi connectivity index (χ4n) is 1.08. The molecule has 2 unspecified atom stereocenters. The minimum Gasteiger partial charge on any atom is -0.328 e. The molecule has 1 aliphatic rings. The molecule has 68 valence electrons. The minimum atomic E-state index is -0.299. The zero-order valence-electron chi connectivity index (χ0n) is 6.62. The van der Waals surface area contributed by atoms with Gasteiger partial charge >= 0.3 is 6.03 Å². The first-order valence-corrected chi connectivity index (χ1v) is 5.06. The van der Waals surface area contributed by atoms with Gasteiger partial charge in [-0.2, -0.15) is 0 Å². The average molecular weight is 206 g/mol. The van der Waals surface area contributed by atoms with Gasteiger partial charge in [-0.1, -0.05) is 0 Å². The molecule has 0 radical (unpaired) electrons. The summed E-state index contributed by atoms with van der Waals surface area (Å²) >= 11 is 0. The van der Waals surface area contributed by atoms with Crippen LogP contribution in [0, 0.1) is 0 Å². The molecule has 12 heavy (non-hydrogen) atoms. The van der Waals surface area contributed by atoms with E-state index in [0.717, 1.165) is 6.42 Å². The first-order valence-electron chi connectivity index (χ1n) is 3.73. The van der Waals surface area contributed by atoms with Gasteiger partial charge in [0.1, 0.15) is 0 Å². The number of rotatable bonds is 1. The van der Waals surface area contributed by atoms with E-state index in [9.17, 15) is 9.59 Å². The summed E-state index contributed by atoms with van der Waals surface area (Å²) in [5.74, 6) is -0.0804. The highest BCUT2D eigenvalue weighted by Gasteiger charge is 2.26. The van der Waals surface area contributed by atoms with Crippen molar-refractivity contribution >= 4 is 30.4 Å². The van der Waals surface area contributed by atoms with Gasteiger partial charge in [-0.05, 0) is 6.42 Å². The molecule has 3 amide bonds. The average Bonchev–Trinajstić information content (AvgIpc) is 2.33. The van der Waals surface area contributed by atoms with Crippen molar-refractivity contribution in [2.24, 2.45) is 0 Å². The predicted molar refractivity (Wildman–Crippen MR) is 52.7 cm³/mol. The van der Waals surface area contributed by atoms with Crippen molar-refractivity contribution in [3.8, 4) is 0 Å². The van der Waals surface area contributed by atoms with Gasteiger partial charge in [0.15, 0.2) is 0 Å². The van der Waals surface area contributed by atoms with Crippen LogP contribution in [0.1, 0.15) is 12.8 Å². The molecule has 1 aliphatic heterocycles. The Labute approximate surface area is 75.9 Å². The molecule has 0 aromatic rings. The van der Waals surface area contributed by atoms with Crippen LogP contribution in [0.4, 0.5) is 4.79 Å². The number of nitrogens with one attached hydrogen (secondary N) is 1. The molecule has 0 aromatic carbocycles. The molecule has 0 aliphatic carbocycles. The van der Waals surface area contributed by atoms with Crippen molar-refractivity contribution in [1.29, 1.82) is 0 Å². The van der Waals surface area contributed by atoms with E-state index in [1.807, 2.05) is 0 Å². The van der Waals surface area contributed by atoms with Gasteiger partial charge in [-0.25, -0.2) is 4.79 Å². The van der Waals surface area contributed by atoms with Crippen molar-refractivity contribution < 1.29 is 9.59 Å². The number of likely N-dealkylation sites (tertiary alicyclic amines) is 1. The van der Waals surface area contributed by atoms with Crippen molar-refractivity contribution in [2.45, 2.75) is 18.4 Å². The number of hydrogen-bond donors (Lipinski definition) is 1. The summed E-state index contributed by atoms with van der Waals surface area (Å²) in [4.78, 5) is 23.5. The molecule has 1 saturated heterocycles. The van der Waals surface area contributed by atoms with Crippen LogP contribution < -0.4 is 5.32 Å². The zero-order chi connectivity index (χ0) is 9.14. The Morgan fingerprint density at radius 2 is 2.25 bits per heavy atom. The van der Waals surface area contributed by atoms with Gasteiger partial charge < -0.3 is 5.32 Å². The molecule has 0 spiro atoms. The van der Waals surface area contributed by atoms with E-state index in [2.05, 4.69) is 23.8 Å². The largest absolute Gasteiger partial charge is 0.328 e. The Balaban J connectivity index is 2.46. The number of imide groups is 1. The van der Waals surface area contributed by atoms with Crippen LogP contribution in [-0.4, -0.2) is 28.9 Å². The normalized spacial score (nSPS) is 17.2. The van der Waals surface area contributed by atoms with Crippen molar-refractivity contribution in [1.82, 2.24) is 10.2 Å². The monoisotopic (exact) mass is 206 g/mol. The van der Waals surface area contributed by atoms with E-state index < -0.39 is 0 Å². The number of hydrogen-bond acceptors (Lipinski definition) is 2. The quantitative estimate of drug-likeness (QED) is 0.629. The molecule has 0 aromatic heterocycles. The number of carbonyl (C=O) groups is 2. The van der Waals surface area contributed by atoms with Crippen LogP contribution in [-0.2, 0) is 4.79 Å². The van der Waals surface area contributed by atoms with E-state index >= 15 is 0 Å². The van der Waals surface area contributed by atoms with E-state index in [-0.39, 0.29) is 17.5 Å². The third-order valence-electron chi connectivity index (χ3n) is 1.61. The van der Waals surface area contributed by atoms with E-state index in [4.69, 9.17) is 0 Å². The van der Waals surface area contributed by atoms with E-state index in [1.54, 1.807) is 0 Å². The van der Waals surface area contributed by atoms with E-state index in [1.165, 1.54) is 4.90 Å². The summed E-state index contributed by atoms with van der Waals surface area (Å²) in [6.07, 6.45) is 1.27. The summed E-state index contributed by atoms with van der Waals surface area (Å²) in [6, 6.07) is -0.299. The molecule has 1 fully saturated rings. The van der Waals surface area contributed by atoms with E-state index in [0.29, 0.717) is 13.0 Å². The Morgan fingerprint density at radius 1 is 1.58 bits per heavy atom. The molecule has 1 rings (SSSR count). The molecular weight excluding hydrogens is 194 g/mol. The van der Waals surface area contributed by atoms with Gasteiger partial charge in [0.05, 0.1) is 5.52 Å². The summed E-state index contributed by atoms with van der Waals surface area (Å²) < 4.78 is 0. The minimum absolute atomic E-state index is 0.0779. The van der Waals surface area contributed by atoms with Crippen molar-refractivity contribution in [2.75, 3.05) is 6.54 Å². The fraction of sp³-hybridized carbons (Fsp3) is 0.667.